The fourth-order valence-electron chi connectivity index (χ4n) is 3.03. The Bertz CT molecular complexity index is 1130. The van der Waals surface area contributed by atoms with Crippen molar-refractivity contribution in [3.05, 3.63) is 76.2 Å². The lowest BCUT2D eigenvalue weighted by molar-refractivity contribution is -0.140. The van der Waals surface area contributed by atoms with Crippen LogP contribution >= 0.6 is 11.6 Å². The first-order valence-corrected chi connectivity index (χ1v) is 10.1. The molecule has 0 fully saturated rings. The van der Waals surface area contributed by atoms with Crippen molar-refractivity contribution in [3.63, 3.8) is 0 Å². The number of amides is 1. The number of nitrogens with zero attached hydrogens (tertiary/aromatic N) is 4. The molecule has 9 nitrogen and oxygen atoms in total. The van der Waals surface area contributed by atoms with E-state index >= 15 is 0 Å². The summed E-state index contributed by atoms with van der Waals surface area (Å²) in [6.45, 7) is 2.94. The number of nitrogens with one attached hydrogen (secondary N) is 1. The molecular weight excluding hydrogens is 434 g/mol. The van der Waals surface area contributed by atoms with E-state index in [1.807, 2.05) is 6.07 Å². The number of hydrogen-bond acceptors (Lipinski definition) is 7. The van der Waals surface area contributed by atoms with Crippen molar-refractivity contribution in [3.8, 4) is 0 Å². The number of likely N-dealkylation sites (N-methyl/N-ethyl adjacent to an activating group) is 1. The second kappa shape index (κ2) is 10.1. The van der Waals surface area contributed by atoms with Gasteiger partial charge in [0.1, 0.15) is 6.54 Å². The quantitative estimate of drug-likeness (QED) is 0.411. The minimum Gasteiger partial charge on any atom is -0.456 e. The van der Waals surface area contributed by atoms with Crippen molar-refractivity contribution in [1.29, 1.82) is 0 Å². The molecule has 0 radical (unpaired) electrons. The number of rotatable bonds is 8. The van der Waals surface area contributed by atoms with Crippen molar-refractivity contribution >= 4 is 35.1 Å². The Labute approximate surface area is 189 Å². The highest BCUT2D eigenvalue weighted by Gasteiger charge is 2.19. The van der Waals surface area contributed by atoms with Crippen LogP contribution in [0.15, 0.2) is 48.5 Å². The molecule has 3 rings (SSSR count). The molecule has 1 aromatic carbocycles. The van der Waals surface area contributed by atoms with Crippen LogP contribution in [0, 0.1) is 13.8 Å². The molecule has 0 aliphatic heterocycles. The first kappa shape index (κ1) is 23.0. The van der Waals surface area contributed by atoms with E-state index in [-0.39, 0.29) is 23.4 Å². The zero-order chi connectivity index (χ0) is 23.3. The Balaban J connectivity index is 1.59. The van der Waals surface area contributed by atoms with Gasteiger partial charge in [-0.3, -0.25) is 24.5 Å². The van der Waals surface area contributed by atoms with E-state index < -0.39 is 12.6 Å². The fraction of sp³-hybridized carbons (Fsp3) is 0.227. The molecule has 0 saturated heterocycles. The highest BCUT2D eigenvalue weighted by Crippen LogP contribution is 2.15. The predicted octanol–water partition coefficient (Wildman–Crippen LogP) is 2.79. The average molecular weight is 456 g/mol. The van der Waals surface area contributed by atoms with Crippen LogP contribution in [-0.4, -0.2) is 52.7 Å². The summed E-state index contributed by atoms with van der Waals surface area (Å²) in [6, 6.07) is 13.6. The molecule has 1 N–H and O–H groups in total. The molecule has 1 amide bonds. The van der Waals surface area contributed by atoms with Gasteiger partial charge >= 0.3 is 5.97 Å². The van der Waals surface area contributed by atoms with Gasteiger partial charge in [0, 0.05) is 29.6 Å². The van der Waals surface area contributed by atoms with Crippen LogP contribution in [0.2, 0.25) is 5.15 Å². The zero-order valence-electron chi connectivity index (χ0n) is 17.8. The number of ketones is 1. The summed E-state index contributed by atoms with van der Waals surface area (Å²) in [6.07, 6.45) is 0. The summed E-state index contributed by atoms with van der Waals surface area (Å²) in [5, 5.41) is 7.84. The van der Waals surface area contributed by atoms with Crippen molar-refractivity contribution in [2.45, 2.75) is 13.8 Å². The molecule has 0 aliphatic rings. The number of anilines is 1. The number of carbonyl (C=O) groups is 3. The minimum atomic E-state index is -0.594. The number of benzene rings is 1. The maximum absolute atomic E-state index is 12.6. The van der Waals surface area contributed by atoms with Crippen LogP contribution < -0.4 is 10.3 Å². The second-order valence-corrected chi connectivity index (χ2v) is 7.47. The third kappa shape index (κ3) is 5.50. The van der Waals surface area contributed by atoms with Crippen molar-refractivity contribution < 1.29 is 19.1 Å². The molecule has 10 heteroatoms. The lowest BCUT2D eigenvalue weighted by Crippen LogP contribution is -2.29. The SMILES string of the molecule is Cc1cc(C(=O)COC(=O)CN(C)c2ccc(Cl)nn2)c(C)n1NC(=O)c1ccccc1. The Hall–Kier alpha value is -3.72. The van der Waals surface area contributed by atoms with Gasteiger partial charge in [0.2, 0.25) is 5.78 Å². The van der Waals surface area contributed by atoms with Gasteiger partial charge in [0.15, 0.2) is 17.6 Å². The van der Waals surface area contributed by atoms with Gasteiger partial charge < -0.3 is 9.64 Å². The summed E-state index contributed by atoms with van der Waals surface area (Å²) in [7, 11) is 1.64. The number of ether oxygens (including phenoxy) is 1. The summed E-state index contributed by atoms with van der Waals surface area (Å²) in [5.41, 5.74) is 4.84. The van der Waals surface area contributed by atoms with Gasteiger partial charge in [-0.15, -0.1) is 10.2 Å². The van der Waals surface area contributed by atoms with E-state index in [1.54, 1.807) is 63.4 Å². The first-order chi connectivity index (χ1) is 15.3. The Morgan fingerprint density at radius 3 is 2.47 bits per heavy atom. The van der Waals surface area contributed by atoms with Gasteiger partial charge in [-0.25, -0.2) is 0 Å². The molecular formula is C22H22ClN5O4. The third-order valence-corrected chi connectivity index (χ3v) is 4.92. The maximum Gasteiger partial charge on any atom is 0.326 e. The van der Waals surface area contributed by atoms with Crippen molar-refractivity contribution in [2.24, 2.45) is 0 Å². The number of esters is 1. The van der Waals surface area contributed by atoms with E-state index in [9.17, 15) is 14.4 Å². The molecule has 3 aromatic rings. The summed E-state index contributed by atoms with van der Waals surface area (Å²) in [4.78, 5) is 38.7. The van der Waals surface area contributed by atoms with E-state index in [2.05, 4.69) is 15.6 Å². The van der Waals surface area contributed by atoms with Crippen molar-refractivity contribution in [1.82, 2.24) is 14.9 Å². The molecule has 2 heterocycles. The highest BCUT2D eigenvalue weighted by molar-refractivity contribution is 6.29. The van der Waals surface area contributed by atoms with Crippen LogP contribution in [0.4, 0.5) is 5.82 Å². The van der Waals surface area contributed by atoms with Gasteiger partial charge in [0.05, 0.1) is 0 Å². The molecule has 0 aliphatic carbocycles. The Morgan fingerprint density at radius 1 is 1.09 bits per heavy atom. The molecule has 32 heavy (non-hydrogen) atoms. The number of hydrogen-bond donors (Lipinski definition) is 1. The molecule has 0 bridgehead atoms. The van der Waals surface area contributed by atoms with E-state index in [4.69, 9.17) is 16.3 Å². The number of aromatic nitrogens is 3. The van der Waals surface area contributed by atoms with Crippen LogP contribution in [0.5, 0.6) is 0 Å². The molecule has 0 spiro atoms. The normalized spacial score (nSPS) is 10.5. The van der Waals surface area contributed by atoms with E-state index in [0.29, 0.717) is 28.3 Å². The zero-order valence-corrected chi connectivity index (χ0v) is 18.6. The number of Topliss-reactive ketones (excluding diaryl/α,β-unsaturated/α-hetero) is 1. The second-order valence-electron chi connectivity index (χ2n) is 7.08. The van der Waals surface area contributed by atoms with Crippen LogP contribution in [0.3, 0.4) is 0 Å². The minimum absolute atomic E-state index is 0.115. The molecule has 2 aromatic heterocycles. The third-order valence-electron chi connectivity index (χ3n) is 4.72. The molecule has 0 unspecified atom stereocenters. The highest BCUT2D eigenvalue weighted by atomic mass is 35.5. The largest absolute Gasteiger partial charge is 0.456 e. The average Bonchev–Trinajstić information content (AvgIpc) is 3.06. The molecule has 166 valence electrons. The standard InChI is InChI=1S/C22H22ClN5O4/c1-14-11-17(15(2)28(14)26-22(31)16-7-5-4-6-8-16)18(29)13-32-21(30)12-27(3)20-10-9-19(23)24-25-20/h4-11H,12-13H2,1-3H3,(H,26,31). The molecule has 0 atom stereocenters. The Morgan fingerprint density at radius 2 is 1.81 bits per heavy atom. The monoisotopic (exact) mass is 455 g/mol. The van der Waals surface area contributed by atoms with Gasteiger partial charge in [-0.05, 0) is 44.2 Å². The summed E-state index contributed by atoms with van der Waals surface area (Å²) < 4.78 is 6.67. The number of carbonyl (C=O) groups excluding carboxylic acids is 3. The smallest absolute Gasteiger partial charge is 0.326 e. The lowest BCUT2D eigenvalue weighted by Gasteiger charge is -2.16. The van der Waals surface area contributed by atoms with Crippen LogP contribution in [0.1, 0.15) is 32.1 Å². The topological polar surface area (TPSA) is 106 Å². The van der Waals surface area contributed by atoms with E-state index in [0.717, 1.165) is 0 Å². The van der Waals surface area contributed by atoms with Gasteiger partial charge in [-0.1, -0.05) is 29.8 Å². The fourth-order valence-corrected chi connectivity index (χ4v) is 3.13. The Kier molecular flexibility index (Phi) is 7.21. The summed E-state index contributed by atoms with van der Waals surface area (Å²) in [5.74, 6) is -0.828. The predicted molar refractivity (Wildman–Crippen MR) is 120 cm³/mol. The molecule has 0 saturated carbocycles. The van der Waals surface area contributed by atoms with Crippen molar-refractivity contribution in [2.75, 3.05) is 30.5 Å². The van der Waals surface area contributed by atoms with Gasteiger partial charge in [0.25, 0.3) is 5.91 Å². The number of aryl methyl sites for hydroxylation is 1. The van der Waals surface area contributed by atoms with Crippen LogP contribution in [-0.2, 0) is 9.53 Å². The summed E-state index contributed by atoms with van der Waals surface area (Å²) >= 11 is 5.70. The maximum atomic E-state index is 12.6. The first-order valence-electron chi connectivity index (χ1n) is 9.71. The van der Waals surface area contributed by atoms with Gasteiger partial charge in [-0.2, -0.15) is 0 Å². The van der Waals surface area contributed by atoms with E-state index in [1.165, 1.54) is 9.58 Å². The van der Waals surface area contributed by atoms with Crippen LogP contribution in [0.25, 0.3) is 0 Å². The number of halogens is 1. The lowest BCUT2D eigenvalue weighted by atomic mass is 10.1.